The highest BCUT2D eigenvalue weighted by molar-refractivity contribution is 7.89. The van der Waals surface area contributed by atoms with Gasteiger partial charge >= 0.3 is 0 Å². The van der Waals surface area contributed by atoms with Crippen LogP contribution in [-0.4, -0.2) is 25.8 Å². The van der Waals surface area contributed by atoms with Crippen molar-refractivity contribution in [2.75, 3.05) is 7.05 Å². The van der Waals surface area contributed by atoms with Crippen molar-refractivity contribution in [1.29, 1.82) is 0 Å². The fraction of sp³-hybridized carbons (Fsp3) is 0.500. The zero-order chi connectivity index (χ0) is 13.6. The lowest BCUT2D eigenvalue weighted by atomic mass is 10.1. The molecular weight excluding hydrogens is 260 g/mol. The molecule has 1 fully saturated rings. The molecule has 0 unspecified atom stereocenters. The number of sulfonamides is 1. The molecule has 1 saturated carbocycles. The number of hydrogen-bond acceptors (Lipinski definition) is 2. The lowest BCUT2D eigenvalue weighted by Gasteiger charge is -2.18. The molecule has 1 aliphatic carbocycles. The van der Waals surface area contributed by atoms with E-state index < -0.39 is 15.9 Å². The first-order valence-corrected chi connectivity index (χ1v) is 7.13. The molecule has 0 radical (unpaired) electrons. The lowest BCUT2D eigenvalue weighted by Crippen LogP contribution is -2.29. The van der Waals surface area contributed by atoms with E-state index in [0.717, 1.165) is 25.8 Å². The van der Waals surface area contributed by atoms with Gasteiger partial charge in [-0.15, -0.1) is 0 Å². The van der Waals surface area contributed by atoms with Crippen LogP contribution in [0, 0.1) is 0 Å². The molecular formula is C12H15F2NO2S. The zero-order valence-electron chi connectivity index (χ0n) is 10.2. The van der Waals surface area contributed by atoms with Crippen molar-refractivity contribution >= 4 is 10.0 Å². The van der Waals surface area contributed by atoms with E-state index in [1.807, 2.05) is 0 Å². The molecule has 0 atom stereocenters. The highest BCUT2D eigenvalue weighted by Crippen LogP contribution is 2.32. The number of alkyl halides is 2. The van der Waals surface area contributed by atoms with Crippen LogP contribution in [0.2, 0.25) is 0 Å². The van der Waals surface area contributed by atoms with E-state index in [0.29, 0.717) is 0 Å². The molecule has 100 valence electrons. The first kappa shape index (κ1) is 13.4. The van der Waals surface area contributed by atoms with Gasteiger partial charge < -0.3 is 0 Å². The zero-order valence-corrected chi connectivity index (χ0v) is 11.0. The highest BCUT2D eigenvalue weighted by Gasteiger charge is 2.35. The number of halogens is 2. The largest absolute Gasteiger partial charge is 0.270 e. The normalized spacial score (nSPS) is 17.2. The van der Waals surface area contributed by atoms with Crippen LogP contribution in [0.4, 0.5) is 8.78 Å². The Morgan fingerprint density at radius 3 is 2.44 bits per heavy atom. The number of rotatable bonds is 4. The van der Waals surface area contributed by atoms with E-state index in [4.69, 9.17) is 0 Å². The predicted molar refractivity (Wildman–Crippen MR) is 64.0 cm³/mol. The van der Waals surface area contributed by atoms with Crippen molar-refractivity contribution in [2.45, 2.75) is 36.6 Å². The van der Waals surface area contributed by atoms with Crippen molar-refractivity contribution < 1.29 is 17.2 Å². The molecule has 0 N–H and O–H groups in total. The maximum absolute atomic E-state index is 13.2. The highest BCUT2D eigenvalue weighted by atomic mass is 32.2. The summed E-state index contributed by atoms with van der Waals surface area (Å²) < 4.78 is 52.0. The van der Waals surface area contributed by atoms with Gasteiger partial charge in [0.05, 0.1) is 4.90 Å². The summed E-state index contributed by atoms with van der Waals surface area (Å²) in [5.41, 5.74) is -0.284. The summed E-state index contributed by atoms with van der Waals surface area (Å²) >= 11 is 0. The van der Waals surface area contributed by atoms with Crippen LogP contribution in [0.5, 0.6) is 0 Å². The second-order valence-corrected chi connectivity index (χ2v) is 6.67. The van der Waals surface area contributed by atoms with Crippen molar-refractivity contribution in [3.8, 4) is 0 Å². The molecule has 1 aromatic rings. The standard InChI is InChI=1S/C12H15F2NO2S/c1-12(13,14)9-4-3-5-11(8-9)18(16,17)15(2)10-6-7-10/h3-5,8,10H,6-7H2,1-2H3. The van der Waals surface area contributed by atoms with Gasteiger partial charge in [-0.25, -0.2) is 17.2 Å². The lowest BCUT2D eigenvalue weighted by molar-refractivity contribution is 0.0172. The Bertz CT molecular complexity index is 547. The van der Waals surface area contributed by atoms with Gasteiger partial charge in [0.2, 0.25) is 10.0 Å². The Morgan fingerprint density at radius 2 is 1.94 bits per heavy atom. The van der Waals surface area contributed by atoms with Gasteiger partial charge in [0, 0.05) is 25.6 Å². The third-order valence-electron chi connectivity index (χ3n) is 3.08. The average molecular weight is 275 g/mol. The molecule has 0 aliphatic heterocycles. The van der Waals surface area contributed by atoms with Gasteiger partial charge in [-0.1, -0.05) is 12.1 Å². The van der Waals surface area contributed by atoms with Crippen molar-refractivity contribution in [3.05, 3.63) is 29.8 Å². The van der Waals surface area contributed by atoms with Crippen molar-refractivity contribution in [2.24, 2.45) is 0 Å². The van der Waals surface area contributed by atoms with Crippen LogP contribution >= 0.6 is 0 Å². The monoisotopic (exact) mass is 275 g/mol. The average Bonchev–Trinajstić information content (AvgIpc) is 3.11. The number of nitrogens with zero attached hydrogens (tertiary/aromatic N) is 1. The van der Waals surface area contributed by atoms with Crippen LogP contribution in [-0.2, 0) is 15.9 Å². The van der Waals surface area contributed by atoms with Gasteiger partial charge in [0.1, 0.15) is 0 Å². The first-order chi connectivity index (χ1) is 8.23. The first-order valence-electron chi connectivity index (χ1n) is 5.69. The van der Waals surface area contributed by atoms with Gasteiger partial charge in [0.25, 0.3) is 5.92 Å². The maximum atomic E-state index is 13.2. The summed E-state index contributed by atoms with van der Waals surface area (Å²) in [4.78, 5) is -0.0732. The summed E-state index contributed by atoms with van der Waals surface area (Å²) in [5.74, 6) is -3.04. The smallest absolute Gasteiger partial charge is 0.207 e. The molecule has 0 amide bonds. The van der Waals surface area contributed by atoms with Crippen molar-refractivity contribution in [1.82, 2.24) is 4.31 Å². The van der Waals surface area contributed by atoms with E-state index in [1.165, 1.54) is 29.6 Å². The topological polar surface area (TPSA) is 37.4 Å². The minimum atomic E-state index is -3.66. The molecule has 18 heavy (non-hydrogen) atoms. The quantitative estimate of drug-likeness (QED) is 0.847. The Balaban J connectivity index is 2.39. The Labute approximate surface area is 105 Å². The minimum Gasteiger partial charge on any atom is -0.207 e. The van der Waals surface area contributed by atoms with Gasteiger partial charge in [-0.05, 0) is 25.0 Å². The summed E-state index contributed by atoms with van der Waals surface area (Å²) in [7, 11) is -2.17. The fourth-order valence-corrected chi connectivity index (χ4v) is 3.19. The fourth-order valence-electron chi connectivity index (χ4n) is 1.73. The third kappa shape index (κ3) is 2.54. The minimum absolute atomic E-state index is 0.0146. The van der Waals surface area contributed by atoms with Crippen LogP contribution in [0.15, 0.2) is 29.2 Å². The second-order valence-electron chi connectivity index (χ2n) is 4.67. The molecule has 6 heteroatoms. The number of hydrogen-bond donors (Lipinski definition) is 0. The third-order valence-corrected chi connectivity index (χ3v) is 4.99. The molecule has 3 nitrogen and oxygen atoms in total. The summed E-state index contributed by atoms with van der Waals surface area (Å²) in [6.07, 6.45) is 1.67. The SMILES string of the molecule is CN(C1CC1)S(=O)(=O)c1cccc(C(C)(F)F)c1. The van der Waals surface area contributed by atoms with E-state index >= 15 is 0 Å². The molecule has 0 heterocycles. The molecule has 0 aromatic heterocycles. The van der Waals surface area contributed by atoms with Crippen LogP contribution < -0.4 is 0 Å². The van der Waals surface area contributed by atoms with E-state index in [9.17, 15) is 17.2 Å². The number of benzene rings is 1. The molecule has 1 aromatic carbocycles. The van der Waals surface area contributed by atoms with Crippen LogP contribution in [0.3, 0.4) is 0 Å². The molecule has 0 saturated heterocycles. The molecule has 2 rings (SSSR count). The summed E-state index contributed by atoms with van der Waals surface area (Å²) in [5, 5.41) is 0. The molecule has 1 aliphatic rings. The predicted octanol–water partition coefficient (Wildman–Crippen LogP) is 2.58. The van der Waals surface area contributed by atoms with E-state index in [2.05, 4.69) is 0 Å². The summed E-state index contributed by atoms with van der Waals surface area (Å²) in [6.45, 7) is 0.753. The van der Waals surface area contributed by atoms with Gasteiger partial charge in [-0.2, -0.15) is 4.31 Å². The van der Waals surface area contributed by atoms with Crippen molar-refractivity contribution in [3.63, 3.8) is 0 Å². The van der Waals surface area contributed by atoms with Gasteiger partial charge in [0.15, 0.2) is 0 Å². The maximum Gasteiger partial charge on any atom is 0.270 e. The Kier molecular flexibility index (Phi) is 3.19. The van der Waals surface area contributed by atoms with Gasteiger partial charge in [-0.3, -0.25) is 0 Å². The van der Waals surface area contributed by atoms with E-state index in [1.54, 1.807) is 0 Å². The van der Waals surface area contributed by atoms with Crippen LogP contribution in [0.25, 0.3) is 0 Å². The second kappa shape index (κ2) is 4.28. The Hall–Kier alpha value is -1.01. The summed E-state index contributed by atoms with van der Waals surface area (Å²) in [6, 6.07) is 4.99. The molecule has 0 bridgehead atoms. The Morgan fingerprint density at radius 1 is 1.33 bits per heavy atom. The van der Waals surface area contributed by atoms with Crippen LogP contribution in [0.1, 0.15) is 25.3 Å². The van der Waals surface area contributed by atoms with E-state index in [-0.39, 0.29) is 16.5 Å². The molecule has 0 spiro atoms.